The second-order valence-corrected chi connectivity index (χ2v) is 6.43. The smallest absolute Gasteiger partial charge is 0.352 e. The molecular formula is C18H18ClNO3S. The van der Waals surface area contributed by atoms with Crippen LogP contribution in [0.4, 0.5) is 0 Å². The molecule has 0 spiro atoms. The van der Waals surface area contributed by atoms with Crippen molar-refractivity contribution in [2.45, 2.75) is 24.2 Å². The van der Waals surface area contributed by atoms with Crippen molar-refractivity contribution in [2.75, 3.05) is 7.11 Å². The lowest BCUT2D eigenvalue weighted by atomic mass is 10.2. The summed E-state index contributed by atoms with van der Waals surface area (Å²) in [6.07, 6.45) is 0.990. The topological polar surface area (TPSA) is 47.9 Å². The summed E-state index contributed by atoms with van der Waals surface area (Å²) in [5.74, 6) is 0.248. The summed E-state index contributed by atoms with van der Waals surface area (Å²) in [5.41, 5.74) is 3.38. The zero-order valence-electron chi connectivity index (χ0n) is 13.5. The van der Waals surface area contributed by atoms with E-state index in [2.05, 4.69) is 41.1 Å². The standard InChI is InChI=1S/C18H18ClNO3S/c1-13-6-8-14(9-7-13)12-24-18-15(4-3-5-16(18)19)11-23-20-10-17(21)22-2/h3-10H,11-12H2,1-2H3/b20-10+. The van der Waals surface area contributed by atoms with Crippen LogP contribution in [0.25, 0.3) is 0 Å². The number of nitrogens with zero attached hydrogens (tertiary/aromatic N) is 1. The molecule has 24 heavy (non-hydrogen) atoms. The van der Waals surface area contributed by atoms with Crippen molar-refractivity contribution in [2.24, 2.45) is 5.16 Å². The average molecular weight is 364 g/mol. The van der Waals surface area contributed by atoms with Gasteiger partial charge < -0.3 is 9.57 Å². The van der Waals surface area contributed by atoms with E-state index in [-0.39, 0.29) is 6.61 Å². The van der Waals surface area contributed by atoms with Crippen LogP contribution in [-0.2, 0) is 26.7 Å². The lowest BCUT2D eigenvalue weighted by Crippen LogP contribution is -2.01. The summed E-state index contributed by atoms with van der Waals surface area (Å²) < 4.78 is 4.45. The molecule has 2 aromatic carbocycles. The molecule has 0 atom stereocenters. The Bertz CT molecular complexity index is 717. The normalized spacial score (nSPS) is 10.8. The van der Waals surface area contributed by atoms with Gasteiger partial charge in [0.15, 0.2) is 6.21 Å². The molecule has 126 valence electrons. The summed E-state index contributed by atoms with van der Waals surface area (Å²) in [6.45, 7) is 2.29. The van der Waals surface area contributed by atoms with Crippen LogP contribution in [-0.4, -0.2) is 19.3 Å². The van der Waals surface area contributed by atoms with Crippen LogP contribution in [0.2, 0.25) is 5.02 Å². The molecular weight excluding hydrogens is 346 g/mol. The Morgan fingerprint density at radius 2 is 2.00 bits per heavy atom. The molecule has 0 unspecified atom stereocenters. The highest BCUT2D eigenvalue weighted by Crippen LogP contribution is 2.33. The Morgan fingerprint density at radius 1 is 1.25 bits per heavy atom. The number of benzene rings is 2. The minimum atomic E-state index is -0.560. The number of aryl methyl sites for hydroxylation is 1. The summed E-state index contributed by atoms with van der Waals surface area (Å²) in [5, 5.41) is 4.26. The molecule has 0 aliphatic carbocycles. The van der Waals surface area contributed by atoms with Crippen molar-refractivity contribution >= 4 is 35.5 Å². The van der Waals surface area contributed by atoms with E-state index in [9.17, 15) is 4.79 Å². The van der Waals surface area contributed by atoms with E-state index < -0.39 is 5.97 Å². The maximum Gasteiger partial charge on any atom is 0.352 e. The number of carbonyl (C=O) groups excluding carboxylic acids is 1. The Hall–Kier alpha value is -1.98. The van der Waals surface area contributed by atoms with Crippen molar-refractivity contribution in [1.82, 2.24) is 0 Å². The van der Waals surface area contributed by atoms with Crippen LogP contribution in [0.15, 0.2) is 52.5 Å². The summed E-state index contributed by atoms with van der Waals surface area (Å²) >= 11 is 7.96. The van der Waals surface area contributed by atoms with Gasteiger partial charge in [-0.1, -0.05) is 58.7 Å². The quantitative estimate of drug-likeness (QED) is 0.312. The number of hydrogen-bond acceptors (Lipinski definition) is 5. The van der Waals surface area contributed by atoms with Gasteiger partial charge in [0.2, 0.25) is 0 Å². The second kappa shape index (κ2) is 9.35. The number of thioether (sulfide) groups is 1. The fraction of sp³-hybridized carbons (Fsp3) is 0.222. The SMILES string of the molecule is COC(=O)/C=N/OCc1cccc(Cl)c1SCc1ccc(C)cc1. The molecule has 0 saturated carbocycles. The number of rotatable bonds is 7. The van der Waals surface area contributed by atoms with E-state index >= 15 is 0 Å². The van der Waals surface area contributed by atoms with Gasteiger partial charge in [0.1, 0.15) is 6.61 Å². The van der Waals surface area contributed by atoms with Crippen molar-refractivity contribution in [3.05, 3.63) is 64.2 Å². The number of esters is 1. The van der Waals surface area contributed by atoms with E-state index in [0.717, 1.165) is 22.4 Å². The molecule has 2 rings (SSSR count). The third kappa shape index (κ3) is 5.58. The molecule has 0 bridgehead atoms. The minimum Gasteiger partial charge on any atom is -0.465 e. The molecule has 0 amide bonds. The fourth-order valence-electron chi connectivity index (χ4n) is 1.91. The maximum atomic E-state index is 11.0. The first-order chi connectivity index (χ1) is 11.6. The highest BCUT2D eigenvalue weighted by molar-refractivity contribution is 7.98. The van der Waals surface area contributed by atoms with Crippen LogP contribution in [0.3, 0.4) is 0 Å². The van der Waals surface area contributed by atoms with Gasteiger partial charge >= 0.3 is 5.97 Å². The summed E-state index contributed by atoms with van der Waals surface area (Å²) in [6, 6.07) is 14.0. The Labute approximate surface area is 150 Å². The highest BCUT2D eigenvalue weighted by atomic mass is 35.5. The fourth-order valence-corrected chi connectivity index (χ4v) is 3.29. The first-order valence-corrected chi connectivity index (χ1v) is 8.65. The number of hydrogen-bond donors (Lipinski definition) is 0. The van der Waals surface area contributed by atoms with Crippen LogP contribution in [0, 0.1) is 6.92 Å². The second-order valence-electron chi connectivity index (χ2n) is 5.03. The van der Waals surface area contributed by atoms with Gasteiger partial charge in [0, 0.05) is 16.2 Å². The first kappa shape index (κ1) is 18.4. The number of carbonyl (C=O) groups is 1. The molecule has 4 nitrogen and oxygen atoms in total. The predicted octanol–water partition coefficient (Wildman–Crippen LogP) is 4.62. The molecule has 0 N–H and O–H groups in total. The lowest BCUT2D eigenvalue weighted by Gasteiger charge is -2.10. The van der Waals surface area contributed by atoms with E-state index in [1.807, 2.05) is 18.2 Å². The van der Waals surface area contributed by atoms with Gasteiger partial charge in [-0.25, -0.2) is 4.79 Å². The van der Waals surface area contributed by atoms with Crippen molar-refractivity contribution in [3.63, 3.8) is 0 Å². The third-order valence-electron chi connectivity index (χ3n) is 3.21. The van der Waals surface area contributed by atoms with Gasteiger partial charge in [-0.3, -0.25) is 0 Å². The monoisotopic (exact) mass is 363 g/mol. The van der Waals surface area contributed by atoms with E-state index in [1.165, 1.54) is 18.2 Å². The third-order valence-corrected chi connectivity index (χ3v) is 4.88. The lowest BCUT2D eigenvalue weighted by molar-refractivity contribution is -0.132. The van der Waals surface area contributed by atoms with Crippen LogP contribution >= 0.6 is 23.4 Å². The number of halogens is 1. The van der Waals surface area contributed by atoms with E-state index in [4.69, 9.17) is 16.4 Å². The van der Waals surface area contributed by atoms with Gasteiger partial charge in [-0.2, -0.15) is 0 Å². The number of oxime groups is 1. The van der Waals surface area contributed by atoms with Crippen LogP contribution < -0.4 is 0 Å². The molecule has 0 heterocycles. The minimum absolute atomic E-state index is 0.226. The summed E-state index contributed by atoms with van der Waals surface area (Å²) in [7, 11) is 1.28. The van der Waals surface area contributed by atoms with Gasteiger partial charge in [0.05, 0.1) is 12.1 Å². The Balaban J connectivity index is 2.02. The molecule has 2 aromatic rings. The van der Waals surface area contributed by atoms with Crippen LogP contribution in [0.1, 0.15) is 16.7 Å². The van der Waals surface area contributed by atoms with Crippen LogP contribution in [0.5, 0.6) is 0 Å². The molecule has 0 aliphatic rings. The van der Waals surface area contributed by atoms with Crippen molar-refractivity contribution in [3.8, 4) is 0 Å². The van der Waals surface area contributed by atoms with E-state index in [0.29, 0.717) is 5.02 Å². The Kier molecular flexibility index (Phi) is 7.15. The predicted molar refractivity (Wildman–Crippen MR) is 97.5 cm³/mol. The summed E-state index contributed by atoms with van der Waals surface area (Å²) in [4.78, 5) is 17.1. The molecule has 0 fully saturated rings. The largest absolute Gasteiger partial charge is 0.465 e. The average Bonchev–Trinajstić information content (AvgIpc) is 2.59. The molecule has 0 aromatic heterocycles. The van der Waals surface area contributed by atoms with E-state index in [1.54, 1.807) is 11.8 Å². The van der Waals surface area contributed by atoms with Crippen molar-refractivity contribution in [1.29, 1.82) is 0 Å². The van der Waals surface area contributed by atoms with Gasteiger partial charge in [0.25, 0.3) is 0 Å². The molecule has 0 aliphatic heterocycles. The van der Waals surface area contributed by atoms with Gasteiger partial charge in [-0.05, 0) is 18.6 Å². The van der Waals surface area contributed by atoms with Gasteiger partial charge in [-0.15, -0.1) is 11.8 Å². The maximum absolute atomic E-state index is 11.0. The molecule has 0 saturated heterocycles. The molecule has 6 heteroatoms. The zero-order valence-corrected chi connectivity index (χ0v) is 15.1. The number of methoxy groups -OCH3 is 1. The zero-order chi connectivity index (χ0) is 17.4. The first-order valence-electron chi connectivity index (χ1n) is 7.29. The van der Waals surface area contributed by atoms with Crippen molar-refractivity contribution < 1.29 is 14.4 Å². The Morgan fingerprint density at radius 3 is 2.71 bits per heavy atom. The number of ether oxygens (including phenoxy) is 1. The molecule has 0 radical (unpaired) electrons. The highest BCUT2D eigenvalue weighted by Gasteiger charge is 2.09.